The molecule has 1 aliphatic heterocycles. The fraction of sp³-hybridized carbons (Fsp3) is 0.451. The summed E-state index contributed by atoms with van der Waals surface area (Å²) in [5.74, 6) is 5.09. The van der Waals surface area contributed by atoms with Gasteiger partial charge in [-0.2, -0.15) is 5.26 Å². The van der Waals surface area contributed by atoms with E-state index < -0.39 is 52.2 Å². The second-order valence-electron chi connectivity index (χ2n) is 19.3. The second-order valence-corrected chi connectivity index (χ2v) is 20.6. The number of nitriles is 1. The number of nitrogens with zero attached hydrogens (tertiary/aromatic N) is 3. The molecule has 2 heterocycles. The average Bonchev–Trinajstić information content (AvgIpc) is 3.90. The fourth-order valence-corrected chi connectivity index (χ4v) is 10.2. The Bertz CT molecular complexity index is 2540. The summed E-state index contributed by atoms with van der Waals surface area (Å²) < 4.78 is 17.6. The maximum atomic E-state index is 14.0. The van der Waals surface area contributed by atoms with Crippen molar-refractivity contribution in [2.24, 2.45) is 16.2 Å². The number of nitrogens with one attached hydrogen (secondary N) is 3. The number of aromatic nitrogens is 1. The Kier molecular flexibility index (Phi) is 15.7. The first kappa shape index (κ1) is 50.4. The van der Waals surface area contributed by atoms with Gasteiger partial charge in [-0.1, -0.05) is 96.2 Å². The summed E-state index contributed by atoms with van der Waals surface area (Å²) in [5, 5.41) is 29.1. The number of likely N-dealkylation sites (tertiary alicyclic amines) is 1. The predicted molar refractivity (Wildman–Crippen MR) is 256 cm³/mol. The summed E-state index contributed by atoms with van der Waals surface area (Å²) in [7, 11) is 0. The van der Waals surface area contributed by atoms with Crippen LogP contribution in [0.1, 0.15) is 95.0 Å². The monoisotopic (exact) mass is 950 g/mol. The number of aryl methyl sites for hydroxylation is 1. The molecule has 2 aliphatic rings. The first-order chi connectivity index (χ1) is 31.6. The van der Waals surface area contributed by atoms with Gasteiger partial charge in [-0.15, -0.1) is 11.3 Å². The molecule has 1 unspecified atom stereocenters. The molecule has 2 fully saturated rings. The second kappa shape index (κ2) is 20.9. The number of hydrogen-bond acceptors (Lipinski definition) is 11. The normalized spacial score (nSPS) is 20.2. The molecule has 0 radical (unpaired) electrons. The summed E-state index contributed by atoms with van der Waals surface area (Å²) in [6.45, 7) is 17.0. The topological polar surface area (TPSA) is 192 Å². The smallest absolute Gasteiger partial charge is 0.251 e. The van der Waals surface area contributed by atoms with Crippen LogP contribution in [0.15, 0.2) is 72.2 Å². The molecule has 67 heavy (non-hydrogen) atoms. The van der Waals surface area contributed by atoms with Crippen molar-refractivity contribution in [2.45, 2.75) is 105 Å². The molecule has 1 aromatic heterocycles. The van der Waals surface area contributed by atoms with Gasteiger partial charge < -0.3 is 40.2 Å². The van der Waals surface area contributed by atoms with Crippen molar-refractivity contribution < 1.29 is 38.5 Å². The average molecular weight is 952 g/mol. The zero-order valence-corrected chi connectivity index (χ0v) is 40.9. The number of rotatable bonds is 15. The van der Waals surface area contributed by atoms with E-state index in [0.29, 0.717) is 27.6 Å². The summed E-state index contributed by atoms with van der Waals surface area (Å²) in [5.41, 5.74) is 3.96. The highest BCUT2D eigenvalue weighted by Crippen LogP contribution is 2.55. The van der Waals surface area contributed by atoms with Crippen LogP contribution in [0.25, 0.3) is 10.4 Å². The number of aliphatic hydroxyl groups excluding tert-OH is 1. The van der Waals surface area contributed by atoms with Crippen molar-refractivity contribution in [2.75, 3.05) is 26.4 Å². The molecule has 4 N–H and O–H groups in total. The van der Waals surface area contributed by atoms with Crippen LogP contribution in [-0.2, 0) is 19.1 Å². The third kappa shape index (κ3) is 11.8. The first-order valence-electron chi connectivity index (χ1n) is 22.1. The van der Waals surface area contributed by atoms with Crippen LogP contribution in [0.5, 0.6) is 11.5 Å². The van der Waals surface area contributed by atoms with Crippen LogP contribution in [0, 0.1) is 46.3 Å². The number of aliphatic hydroxyl groups is 1. The van der Waals surface area contributed by atoms with Gasteiger partial charge in [0.25, 0.3) is 5.91 Å². The fourth-order valence-electron chi connectivity index (χ4n) is 9.15. The number of ether oxygens (including phenoxy) is 3. The lowest BCUT2D eigenvalue weighted by molar-refractivity contribution is -0.164. The van der Waals surface area contributed by atoms with Crippen molar-refractivity contribution in [1.82, 2.24) is 25.8 Å². The summed E-state index contributed by atoms with van der Waals surface area (Å²) >= 11 is 7.79. The van der Waals surface area contributed by atoms with Crippen LogP contribution < -0.4 is 25.4 Å². The predicted octanol–water partition coefficient (Wildman–Crippen LogP) is 7.02. The SMILES string of the molecule is Cc1ncsc1-c1ccc([C@H](C)NC(=O)[C@@H]2C[C@@H](O)CN2C(=O)C(NC(=O)COCC#CCOc2ccc(C(=O)NC3C(C)(C)C(Oc4ccc(C#N)c(Cl)c4)C3(C)C)cc2)C(C)(C)C)cc1. The van der Waals surface area contributed by atoms with Crippen molar-refractivity contribution in [3.05, 3.63) is 99.6 Å². The van der Waals surface area contributed by atoms with Crippen LogP contribution in [0.3, 0.4) is 0 Å². The number of halogens is 1. The highest BCUT2D eigenvalue weighted by atomic mass is 35.5. The van der Waals surface area contributed by atoms with Crippen molar-refractivity contribution in [1.29, 1.82) is 5.26 Å². The molecule has 0 bridgehead atoms. The minimum Gasteiger partial charge on any atom is -0.489 e. The van der Waals surface area contributed by atoms with Crippen LogP contribution in [0.4, 0.5) is 0 Å². The molecule has 4 amide bonds. The van der Waals surface area contributed by atoms with Crippen molar-refractivity contribution in [3.63, 3.8) is 0 Å². The lowest BCUT2D eigenvalue weighted by Crippen LogP contribution is -2.74. The maximum absolute atomic E-state index is 14.0. The van der Waals surface area contributed by atoms with E-state index in [1.807, 2.05) is 98.2 Å². The van der Waals surface area contributed by atoms with E-state index in [0.717, 1.165) is 21.7 Å². The lowest BCUT2D eigenvalue weighted by Gasteiger charge is -2.63. The quantitative estimate of drug-likeness (QED) is 0.0711. The molecule has 16 heteroatoms. The number of carbonyl (C=O) groups excluding carboxylic acids is 4. The van der Waals surface area contributed by atoms with Crippen LogP contribution in [-0.4, -0.2) is 95.3 Å². The van der Waals surface area contributed by atoms with Gasteiger partial charge in [-0.3, -0.25) is 19.2 Å². The van der Waals surface area contributed by atoms with Crippen LogP contribution in [0.2, 0.25) is 5.02 Å². The first-order valence-corrected chi connectivity index (χ1v) is 23.4. The number of amides is 4. The van der Waals surface area contributed by atoms with Crippen molar-refractivity contribution >= 4 is 46.6 Å². The van der Waals surface area contributed by atoms with E-state index >= 15 is 0 Å². The third-order valence-electron chi connectivity index (χ3n) is 12.4. The molecule has 1 saturated heterocycles. The van der Waals surface area contributed by atoms with Gasteiger partial charge in [0.2, 0.25) is 17.7 Å². The number of carbonyl (C=O) groups is 4. The van der Waals surface area contributed by atoms with E-state index in [4.69, 9.17) is 25.8 Å². The Morgan fingerprint density at radius 2 is 1.63 bits per heavy atom. The van der Waals surface area contributed by atoms with E-state index in [1.165, 1.54) is 4.90 Å². The Hall–Kier alpha value is -5.97. The minimum absolute atomic E-state index is 0.0344. The van der Waals surface area contributed by atoms with E-state index in [-0.39, 0.29) is 56.9 Å². The largest absolute Gasteiger partial charge is 0.489 e. The Morgan fingerprint density at radius 1 is 0.970 bits per heavy atom. The van der Waals surface area contributed by atoms with E-state index in [1.54, 1.807) is 53.8 Å². The number of thiazole rings is 1. The molecule has 4 aromatic rings. The molecule has 1 saturated carbocycles. The van der Waals surface area contributed by atoms with Crippen molar-refractivity contribution in [3.8, 4) is 39.8 Å². The van der Waals surface area contributed by atoms with Gasteiger partial charge in [-0.25, -0.2) is 4.98 Å². The van der Waals surface area contributed by atoms with Gasteiger partial charge in [0, 0.05) is 41.5 Å². The Morgan fingerprint density at radius 3 is 2.24 bits per heavy atom. The molecule has 0 spiro atoms. The molecule has 3 aromatic carbocycles. The number of benzene rings is 3. The molecule has 354 valence electrons. The zero-order chi connectivity index (χ0) is 48.8. The molecular formula is C51H59ClN6O8S. The van der Waals surface area contributed by atoms with Gasteiger partial charge in [0.15, 0.2) is 0 Å². The summed E-state index contributed by atoms with van der Waals surface area (Å²) in [6, 6.07) is 19.1. The van der Waals surface area contributed by atoms with Crippen LogP contribution >= 0.6 is 22.9 Å². The molecular weight excluding hydrogens is 892 g/mol. The third-order valence-corrected chi connectivity index (χ3v) is 13.7. The van der Waals surface area contributed by atoms with Gasteiger partial charge in [-0.05, 0) is 66.8 Å². The zero-order valence-electron chi connectivity index (χ0n) is 39.4. The standard InChI is InChI=1S/C51H59ClN6O8S/c1-30(32-12-14-33(15-13-32)42-31(2)54-29-67-42)55-45(62)40-24-36(59)27-58(40)46(63)43(49(3,4)5)56-41(60)28-64-22-10-11-23-65-37-19-16-34(17-20-37)44(61)57-47-50(6,7)48(51(47,8)9)66-38-21-18-35(26-53)39(52)25-38/h12-21,25,29-30,36,40,43,47-48,59H,22-24,27-28H2,1-9H3,(H,55,62)(H,56,60)(H,57,61)/t30-,36+,40-,43?,47?,48?/m0/s1. The Balaban J connectivity index is 0.931. The maximum Gasteiger partial charge on any atom is 0.251 e. The molecule has 14 nitrogen and oxygen atoms in total. The van der Waals surface area contributed by atoms with E-state index in [9.17, 15) is 29.5 Å². The highest BCUT2D eigenvalue weighted by Gasteiger charge is 2.64. The highest BCUT2D eigenvalue weighted by molar-refractivity contribution is 7.13. The number of hydrogen-bond donors (Lipinski definition) is 4. The lowest BCUT2D eigenvalue weighted by atomic mass is 9.49. The molecule has 4 atom stereocenters. The van der Waals surface area contributed by atoms with Gasteiger partial charge >= 0.3 is 0 Å². The number of β-amino-alcohol motifs (C(OH)–C–C–N with tert-alkyl or cyclic N) is 1. The van der Waals surface area contributed by atoms with E-state index in [2.05, 4.69) is 32.8 Å². The molecule has 6 rings (SSSR count). The van der Waals surface area contributed by atoms with Gasteiger partial charge in [0.1, 0.15) is 55.6 Å². The Labute approximate surface area is 401 Å². The molecule has 1 aliphatic carbocycles. The van der Waals surface area contributed by atoms with Gasteiger partial charge in [0.05, 0.1) is 38.8 Å². The summed E-state index contributed by atoms with van der Waals surface area (Å²) in [6.07, 6.45) is -1.06. The summed E-state index contributed by atoms with van der Waals surface area (Å²) in [4.78, 5) is 60.8. The minimum atomic E-state index is -1.01.